The fourth-order valence-electron chi connectivity index (χ4n) is 4.17. The molecule has 0 N–H and O–H groups in total. The van der Waals surface area contributed by atoms with Gasteiger partial charge in [-0.1, -0.05) is 74.1 Å². The summed E-state index contributed by atoms with van der Waals surface area (Å²) in [7, 11) is 0. The average molecular weight is 267 g/mol. The van der Waals surface area contributed by atoms with E-state index in [4.69, 9.17) is 0 Å². The SMILES string of the molecule is CCC1CCCC(C)C(C)CC(C)(C(C)C)C(C)C1. The highest BCUT2D eigenvalue weighted by molar-refractivity contribution is 4.87. The molecule has 0 heteroatoms. The molecule has 0 nitrogen and oxygen atoms in total. The maximum atomic E-state index is 2.57. The van der Waals surface area contributed by atoms with Gasteiger partial charge in [0.25, 0.3) is 0 Å². The maximum absolute atomic E-state index is 2.57. The van der Waals surface area contributed by atoms with Gasteiger partial charge in [-0.05, 0) is 47.8 Å². The highest BCUT2D eigenvalue weighted by Crippen LogP contribution is 2.47. The quantitative estimate of drug-likeness (QED) is 0.532. The van der Waals surface area contributed by atoms with Crippen molar-refractivity contribution in [2.45, 2.75) is 87.0 Å². The van der Waals surface area contributed by atoms with Crippen LogP contribution in [-0.4, -0.2) is 0 Å². The van der Waals surface area contributed by atoms with Crippen LogP contribution in [0.25, 0.3) is 0 Å². The fraction of sp³-hybridized carbons (Fsp3) is 1.00. The predicted molar refractivity (Wildman–Crippen MR) is 87.3 cm³/mol. The molecule has 1 aliphatic carbocycles. The van der Waals surface area contributed by atoms with Crippen molar-refractivity contribution in [1.82, 2.24) is 0 Å². The van der Waals surface area contributed by atoms with E-state index in [1.807, 2.05) is 0 Å². The molecule has 19 heavy (non-hydrogen) atoms. The molecule has 0 aromatic heterocycles. The van der Waals surface area contributed by atoms with Crippen LogP contribution in [0.4, 0.5) is 0 Å². The van der Waals surface area contributed by atoms with Gasteiger partial charge in [-0.15, -0.1) is 0 Å². The molecule has 1 aliphatic rings. The zero-order chi connectivity index (χ0) is 14.6. The van der Waals surface area contributed by atoms with Crippen LogP contribution in [0.2, 0.25) is 0 Å². The Bertz CT molecular complexity index is 255. The summed E-state index contributed by atoms with van der Waals surface area (Å²) in [5, 5.41) is 0. The summed E-state index contributed by atoms with van der Waals surface area (Å²) in [6.07, 6.45) is 8.61. The molecule has 5 atom stereocenters. The summed E-state index contributed by atoms with van der Waals surface area (Å²) in [4.78, 5) is 0. The first-order valence-corrected chi connectivity index (χ1v) is 8.81. The minimum Gasteiger partial charge on any atom is -0.0651 e. The van der Waals surface area contributed by atoms with Crippen LogP contribution in [0.3, 0.4) is 0 Å². The van der Waals surface area contributed by atoms with Crippen LogP contribution in [0.15, 0.2) is 0 Å². The summed E-state index contributed by atoms with van der Waals surface area (Å²) in [5.41, 5.74) is 0.526. The molecule has 0 bridgehead atoms. The Labute approximate surface area is 122 Å². The topological polar surface area (TPSA) is 0 Å². The lowest BCUT2D eigenvalue weighted by Crippen LogP contribution is -2.36. The van der Waals surface area contributed by atoms with E-state index in [0.29, 0.717) is 5.41 Å². The van der Waals surface area contributed by atoms with Gasteiger partial charge in [0.1, 0.15) is 0 Å². The van der Waals surface area contributed by atoms with E-state index >= 15 is 0 Å². The van der Waals surface area contributed by atoms with Crippen molar-refractivity contribution in [3.63, 3.8) is 0 Å². The molecule has 0 radical (unpaired) electrons. The van der Waals surface area contributed by atoms with Crippen molar-refractivity contribution in [3.05, 3.63) is 0 Å². The summed E-state index contributed by atoms with van der Waals surface area (Å²) < 4.78 is 0. The zero-order valence-electron chi connectivity index (χ0n) is 14.6. The van der Waals surface area contributed by atoms with Crippen LogP contribution < -0.4 is 0 Å². The van der Waals surface area contributed by atoms with Crippen LogP contribution in [0, 0.1) is 35.0 Å². The Kier molecular flexibility index (Phi) is 6.40. The van der Waals surface area contributed by atoms with Gasteiger partial charge >= 0.3 is 0 Å². The Morgan fingerprint density at radius 3 is 2.21 bits per heavy atom. The molecular weight excluding hydrogens is 228 g/mol. The Hall–Kier alpha value is 0. The lowest BCUT2D eigenvalue weighted by atomic mass is 9.61. The Morgan fingerprint density at radius 2 is 1.68 bits per heavy atom. The molecule has 0 aromatic carbocycles. The van der Waals surface area contributed by atoms with Gasteiger partial charge in [0, 0.05) is 0 Å². The molecule has 0 aromatic rings. The van der Waals surface area contributed by atoms with Gasteiger partial charge in [-0.25, -0.2) is 0 Å². The van der Waals surface area contributed by atoms with E-state index in [1.54, 1.807) is 0 Å². The zero-order valence-corrected chi connectivity index (χ0v) is 14.6. The molecule has 0 heterocycles. The summed E-state index contributed by atoms with van der Waals surface area (Å²) in [5.74, 6) is 4.42. The van der Waals surface area contributed by atoms with Crippen LogP contribution in [0.1, 0.15) is 87.0 Å². The van der Waals surface area contributed by atoms with E-state index in [-0.39, 0.29) is 0 Å². The lowest BCUT2D eigenvalue weighted by molar-refractivity contribution is 0.0528. The largest absolute Gasteiger partial charge is 0.0651 e. The summed E-state index contributed by atoms with van der Waals surface area (Å²) in [6.45, 7) is 17.4. The smallest absolute Gasteiger partial charge is 0.0274 e. The monoisotopic (exact) mass is 266 g/mol. The van der Waals surface area contributed by atoms with Crippen LogP contribution in [0.5, 0.6) is 0 Å². The summed E-state index contributed by atoms with van der Waals surface area (Å²) in [6, 6.07) is 0. The van der Waals surface area contributed by atoms with Crippen molar-refractivity contribution in [2.75, 3.05) is 0 Å². The lowest BCUT2D eigenvalue weighted by Gasteiger charge is -2.44. The number of rotatable bonds is 2. The van der Waals surface area contributed by atoms with Gasteiger partial charge in [0.05, 0.1) is 0 Å². The third kappa shape index (κ3) is 4.23. The first-order chi connectivity index (χ1) is 8.81. The molecule has 0 amide bonds. The van der Waals surface area contributed by atoms with Crippen molar-refractivity contribution >= 4 is 0 Å². The van der Waals surface area contributed by atoms with E-state index in [0.717, 1.165) is 29.6 Å². The van der Waals surface area contributed by atoms with Gasteiger partial charge in [0.15, 0.2) is 0 Å². The standard InChI is InChI=1S/C19H38/c1-8-18-11-9-10-15(4)16(5)13-19(7,14(2)3)17(6)12-18/h14-18H,8-13H2,1-7H3. The Balaban J connectivity index is 2.92. The predicted octanol–water partition coefficient (Wildman–Crippen LogP) is 6.55. The number of hydrogen-bond acceptors (Lipinski definition) is 0. The molecule has 0 spiro atoms. The van der Waals surface area contributed by atoms with Crippen molar-refractivity contribution < 1.29 is 0 Å². The van der Waals surface area contributed by atoms with Gasteiger partial charge in [-0.2, -0.15) is 0 Å². The van der Waals surface area contributed by atoms with E-state index in [1.165, 1.54) is 38.5 Å². The molecule has 1 rings (SSSR count). The Morgan fingerprint density at radius 1 is 1.05 bits per heavy atom. The number of hydrogen-bond donors (Lipinski definition) is 0. The molecule has 0 aliphatic heterocycles. The van der Waals surface area contributed by atoms with Crippen LogP contribution in [-0.2, 0) is 0 Å². The molecular formula is C19H38. The second-order valence-corrected chi connectivity index (χ2v) is 8.16. The normalized spacial score (nSPS) is 42.3. The van der Waals surface area contributed by atoms with E-state index < -0.39 is 0 Å². The van der Waals surface area contributed by atoms with Gasteiger partial charge < -0.3 is 0 Å². The van der Waals surface area contributed by atoms with Crippen molar-refractivity contribution in [1.29, 1.82) is 0 Å². The van der Waals surface area contributed by atoms with Crippen molar-refractivity contribution in [2.24, 2.45) is 35.0 Å². The highest BCUT2D eigenvalue weighted by Gasteiger charge is 2.37. The minimum atomic E-state index is 0.526. The molecule has 1 saturated carbocycles. The first-order valence-electron chi connectivity index (χ1n) is 8.81. The first kappa shape index (κ1) is 17.1. The second-order valence-electron chi connectivity index (χ2n) is 8.16. The van der Waals surface area contributed by atoms with Gasteiger partial charge in [0.2, 0.25) is 0 Å². The van der Waals surface area contributed by atoms with E-state index in [9.17, 15) is 0 Å². The third-order valence-electron chi connectivity index (χ3n) is 6.71. The molecule has 1 fully saturated rings. The van der Waals surface area contributed by atoms with E-state index in [2.05, 4.69) is 48.5 Å². The minimum absolute atomic E-state index is 0.526. The molecule has 5 unspecified atom stereocenters. The fourth-order valence-corrected chi connectivity index (χ4v) is 4.17. The third-order valence-corrected chi connectivity index (χ3v) is 6.71. The van der Waals surface area contributed by atoms with Gasteiger partial charge in [-0.3, -0.25) is 0 Å². The molecule has 0 saturated heterocycles. The molecule has 114 valence electrons. The average Bonchev–Trinajstić information content (AvgIpc) is 2.35. The second kappa shape index (κ2) is 7.14. The highest BCUT2D eigenvalue weighted by atomic mass is 14.4. The van der Waals surface area contributed by atoms with Crippen LogP contribution >= 0.6 is 0 Å². The van der Waals surface area contributed by atoms with Crippen molar-refractivity contribution in [3.8, 4) is 0 Å². The summed E-state index contributed by atoms with van der Waals surface area (Å²) >= 11 is 0. The maximum Gasteiger partial charge on any atom is -0.0274 e.